The van der Waals surface area contributed by atoms with Crippen LogP contribution < -0.4 is 16.1 Å². The molecule has 26 heavy (non-hydrogen) atoms. The van der Waals surface area contributed by atoms with Crippen molar-refractivity contribution in [1.82, 2.24) is 14.8 Å². The summed E-state index contributed by atoms with van der Waals surface area (Å²) in [6, 6.07) is 5.55. The van der Waals surface area contributed by atoms with E-state index in [4.69, 9.17) is 5.14 Å². The first-order valence-corrected chi connectivity index (χ1v) is 10.4. The minimum atomic E-state index is -3.78. The Morgan fingerprint density at radius 2 is 2.04 bits per heavy atom. The van der Waals surface area contributed by atoms with E-state index in [0.29, 0.717) is 17.4 Å². The highest BCUT2D eigenvalue weighted by Crippen LogP contribution is 2.22. The molecule has 0 unspecified atom stereocenters. The van der Waals surface area contributed by atoms with Crippen LogP contribution >= 0.6 is 11.8 Å². The third-order valence-electron chi connectivity index (χ3n) is 3.56. The number of carbonyl (C=O) groups excluding carboxylic acids is 1. The van der Waals surface area contributed by atoms with Gasteiger partial charge in [0.1, 0.15) is 0 Å². The molecule has 0 aliphatic heterocycles. The smallest absolute Gasteiger partial charge is 0.325 e. The molecule has 11 heteroatoms. The van der Waals surface area contributed by atoms with Gasteiger partial charge in [0.05, 0.1) is 10.1 Å². The van der Waals surface area contributed by atoms with E-state index >= 15 is 0 Å². The molecule has 1 atom stereocenters. The summed E-state index contributed by atoms with van der Waals surface area (Å²) >= 11 is 1.17. The second-order valence-electron chi connectivity index (χ2n) is 5.64. The van der Waals surface area contributed by atoms with E-state index in [1.807, 2.05) is 6.92 Å². The van der Waals surface area contributed by atoms with Crippen molar-refractivity contribution in [3.8, 4) is 0 Å². The molecule has 1 heterocycles. The average molecular weight is 399 g/mol. The molecule has 0 aliphatic rings. The molecule has 142 valence electrons. The Morgan fingerprint density at radius 3 is 2.62 bits per heavy atom. The summed E-state index contributed by atoms with van der Waals surface area (Å²) in [7, 11) is -3.78. The number of amides is 1. The van der Waals surface area contributed by atoms with E-state index in [0.717, 1.165) is 12.8 Å². The lowest BCUT2D eigenvalue weighted by Gasteiger charge is -2.12. The fourth-order valence-electron chi connectivity index (χ4n) is 2.09. The lowest BCUT2D eigenvalue weighted by molar-refractivity contribution is -0.115. The monoisotopic (exact) mass is 399 g/mol. The molecule has 1 aromatic heterocycles. The minimum absolute atomic E-state index is 0.0330. The van der Waals surface area contributed by atoms with Gasteiger partial charge in [-0.1, -0.05) is 25.1 Å². The normalized spacial score (nSPS) is 12.7. The number of sulfonamides is 1. The highest BCUT2D eigenvalue weighted by atomic mass is 32.2. The maximum atomic E-state index is 12.3. The first-order valence-electron chi connectivity index (χ1n) is 7.98. The van der Waals surface area contributed by atoms with Crippen molar-refractivity contribution >= 4 is 33.4 Å². The molecule has 0 bridgehead atoms. The van der Waals surface area contributed by atoms with Crippen LogP contribution in [-0.2, 0) is 21.4 Å². The number of anilines is 1. The third-order valence-corrected chi connectivity index (χ3v) is 5.58. The number of benzene rings is 1. The Morgan fingerprint density at radius 1 is 1.38 bits per heavy atom. The van der Waals surface area contributed by atoms with Gasteiger partial charge in [0.25, 0.3) is 0 Å². The summed E-state index contributed by atoms with van der Waals surface area (Å²) in [4.78, 5) is 24.1. The molecule has 1 aromatic carbocycles. The number of H-pyrrole nitrogens is 1. The number of carbonyl (C=O) groups is 1. The largest absolute Gasteiger partial charge is 0.343 e. The van der Waals surface area contributed by atoms with Crippen molar-refractivity contribution in [2.45, 2.75) is 48.5 Å². The quantitative estimate of drug-likeness (QED) is 0.569. The Hall–Kier alpha value is -2.11. The summed E-state index contributed by atoms with van der Waals surface area (Å²) < 4.78 is 24.0. The number of hydrogen-bond donors (Lipinski definition) is 3. The summed E-state index contributed by atoms with van der Waals surface area (Å²) in [5.41, 5.74) is 0.146. The van der Waals surface area contributed by atoms with Gasteiger partial charge in [-0.25, -0.2) is 23.4 Å². The van der Waals surface area contributed by atoms with Gasteiger partial charge in [-0.2, -0.15) is 0 Å². The van der Waals surface area contributed by atoms with Crippen LogP contribution in [0.1, 0.15) is 26.7 Å². The highest BCUT2D eigenvalue weighted by Gasteiger charge is 2.19. The fraction of sp³-hybridized carbons (Fsp3) is 0.400. The van der Waals surface area contributed by atoms with Crippen molar-refractivity contribution in [2.24, 2.45) is 5.14 Å². The molecule has 2 rings (SSSR count). The van der Waals surface area contributed by atoms with Gasteiger partial charge in [0, 0.05) is 12.2 Å². The number of nitrogens with zero attached hydrogens (tertiary/aromatic N) is 2. The van der Waals surface area contributed by atoms with E-state index in [1.165, 1.54) is 40.6 Å². The van der Waals surface area contributed by atoms with E-state index in [-0.39, 0.29) is 16.5 Å². The van der Waals surface area contributed by atoms with Crippen LogP contribution in [0.25, 0.3) is 0 Å². The number of primary sulfonamides is 1. The number of hydrogen-bond acceptors (Lipinski definition) is 6. The van der Waals surface area contributed by atoms with Gasteiger partial charge >= 0.3 is 5.69 Å². The average Bonchev–Trinajstić information content (AvgIpc) is 2.92. The Kier molecular flexibility index (Phi) is 6.62. The first-order chi connectivity index (χ1) is 12.2. The predicted molar refractivity (Wildman–Crippen MR) is 99.5 cm³/mol. The zero-order valence-corrected chi connectivity index (χ0v) is 16.1. The van der Waals surface area contributed by atoms with Crippen molar-refractivity contribution in [2.75, 3.05) is 5.32 Å². The summed E-state index contributed by atoms with van der Waals surface area (Å²) in [5.74, 6) is -0.296. The molecule has 0 saturated carbocycles. The van der Waals surface area contributed by atoms with Crippen LogP contribution in [0.2, 0.25) is 0 Å². The van der Waals surface area contributed by atoms with Crippen LogP contribution in [0.15, 0.2) is 39.1 Å². The number of unbranched alkanes of at least 4 members (excludes halogenated alkanes) is 1. The van der Waals surface area contributed by atoms with Gasteiger partial charge in [0.2, 0.25) is 15.9 Å². The molecule has 4 N–H and O–H groups in total. The van der Waals surface area contributed by atoms with Crippen LogP contribution in [0.3, 0.4) is 0 Å². The van der Waals surface area contributed by atoms with E-state index in [1.54, 1.807) is 6.92 Å². The van der Waals surface area contributed by atoms with E-state index in [9.17, 15) is 18.0 Å². The summed E-state index contributed by atoms with van der Waals surface area (Å²) in [6.07, 6.45) is 1.77. The summed E-state index contributed by atoms with van der Waals surface area (Å²) in [5, 5.41) is 14.0. The molecule has 2 aromatic rings. The fourth-order valence-corrected chi connectivity index (χ4v) is 3.49. The number of nitrogens with two attached hydrogens (primary N) is 1. The van der Waals surface area contributed by atoms with Gasteiger partial charge in [-0.15, -0.1) is 5.10 Å². The molecule has 0 radical (unpaired) electrons. The lowest BCUT2D eigenvalue weighted by atomic mass is 10.3. The van der Waals surface area contributed by atoms with Crippen molar-refractivity contribution in [3.63, 3.8) is 0 Å². The van der Waals surface area contributed by atoms with Crippen molar-refractivity contribution < 1.29 is 13.2 Å². The van der Waals surface area contributed by atoms with Crippen LogP contribution in [-0.4, -0.2) is 34.3 Å². The van der Waals surface area contributed by atoms with Gasteiger partial charge in [0.15, 0.2) is 5.16 Å². The van der Waals surface area contributed by atoms with Crippen LogP contribution in [0, 0.1) is 0 Å². The molecule has 0 aliphatic carbocycles. The minimum Gasteiger partial charge on any atom is -0.325 e. The highest BCUT2D eigenvalue weighted by molar-refractivity contribution is 8.00. The second kappa shape index (κ2) is 8.52. The third kappa shape index (κ3) is 5.19. The zero-order valence-electron chi connectivity index (χ0n) is 14.4. The number of thioether (sulfide) groups is 1. The lowest BCUT2D eigenvalue weighted by Crippen LogP contribution is -2.24. The number of rotatable bonds is 8. The van der Waals surface area contributed by atoms with Crippen LogP contribution in [0.4, 0.5) is 5.69 Å². The number of aromatic amines is 1. The molecule has 1 amide bonds. The molecule has 0 spiro atoms. The topological polar surface area (TPSA) is 140 Å². The molecular formula is C15H21N5O4S2. The SMILES string of the molecule is CCCCn1c(S[C@H](C)C(=O)Nc2ccc(S(N)(=O)=O)cc2)n[nH]c1=O. The maximum absolute atomic E-state index is 12.3. The van der Waals surface area contributed by atoms with Crippen molar-refractivity contribution in [1.29, 1.82) is 0 Å². The molecule has 9 nitrogen and oxygen atoms in total. The second-order valence-corrected chi connectivity index (χ2v) is 8.50. The molecule has 0 fully saturated rings. The van der Waals surface area contributed by atoms with E-state index in [2.05, 4.69) is 15.5 Å². The molecular weight excluding hydrogens is 378 g/mol. The zero-order chi connectivity index (χ0) is 19.3. The van der Waals surface area contributed by atoms with Gasteiger partial charge in [-0.3, -0.25) is 9.36 Å². The maximum Gasteiger partial charge on any atom is 0.343 e. The Labute approximate surface area is 155 Å². The Bertz CT molecular complexity index is 918. The Balaban J connectivity index is 2.03. The van der Waals surface area contributed by atoms with Crippen molar-refractivity contribution in [3.05, 3.63) is 34.7 Å². The first kappa shape index (κ1) is 20.2. The molecule has 0 saturated heterocycles. The van der Waals surface area contributed by atoms with Gasteiger partial charge < -0.3 is 5.32 Å². The van der Waals surface area contributed by atoms with Gasteiger partial charge in [-0.05, 0) is 37.6 Å². The predicted octanol–water partition coefficient (Wildman–Crippen LogP) is 1.14. The standard InChI is InChI=1S/C15H21N5O4S2/c1-3-4-9-20-14(22)18-19-15(20)25-10(2)13(21)17-11-5-7-12(8-6-11)26(16,23)24/h5-8,10H,3-4,9H2,1-2H3,(H,17,21)(H,18,22)(H2,16,23,24)/t10-/m1/s1. The summed E-state index contributed by atoms with van der Waals surface area (Å²) in [6.45, 7) is 4.26. The number of nitrogens with one attached hydrogen (secondary N) is 2. The van der Waals surface area contributed by atoms with Crippen LogP contribution in [0.5, 0.6) is 0 Å². The van der Waals surface area contributed by atoms with E-state index < -0.39 is 15.3 Å². The number of aromatic nitrogens is 3.